The van der Waals surface area contributed by atoms with E-state index in [4.69, 9.17) is 4.74 Å². The smallest absolute Gasteiger partial charge is 0.310 e. The molecule has 0 bridgehead atoms. The molecule has 0 atom stereocenters. The topological polar surface area (TPSA) is 26.3 Å². The number of benzene rings is 1. The van der Waals surface area contributed by atoms with Crippen LogP contribution in [0.5, 0.6) is 0 Å². The van der Waals surface area contributed by atoms with Gasteiger partial charge in [0.05, 0.1) is 6.42 Å². The molecule has 1 aromatic carbocycles. The van der Waals surface area contributed by atoms with E-state index in [0.29, 0.717) is 12.3 Å². The fraction of sp³-hybridized carbons (Fsp3) is 0.562. The molecule has 0 spiro atoms. The Morgan fingerprint density at radius 2 is 1.72 bits per heavy atom. The molecule has 0 unspecified atom stereocenters. The van der Waals surface area contributed by atoms with Crippen LogP contribution >= 0.6 is 0 Å². The molecule has 2 nitrogen and oxygen atoms in total. The lowest BCUT2D eigenvalue weighted by Gasteiger charge is -2.20. The van der Waals surface area contributed by atoms with E-state index >= 15 is 0 Å². The average molecular weight is 248 g/mol. The van der Waals surface area contributed by atoms with Crippen molar-refractivity contribution in [3.05, 3.63) is 35.4 Å². The van der Waals surface area contributed by atoms with Crippen molar-refractivity contribution in [1.29, 1.82) is 0 Å². The third-order valence-electron chi connectivity index (χ3n) is 2.50. The summed E-state index contributed by atoms with van der Waals surface area (Å²) < 4.78 is 5.36. The fourth-order valence-corrected chi connectivity index (χ4v) is 1.90. The molecular weight excluding hydrogens is 224 g/mol. The monoisotopic (exact) mass is 248 g/mol. The van der Waals surface area contributed by atoms with Gasteiger partial charge in [0.2, 0.25) is 0 Å². The number of hydrogen-bond donors (Lipinski definition) is 0. The summed E-state index contributed by atoms with van der Waals surface area (Å²) in [6.45, 7) is 10.1. The maximum Gasteiger partial charge on any atom is 0.310 e. The van der Waals surface area contributed by atoms with Gasteiger partial charge in [-0.2, -0.15) is 0 Å². The Labute approximate surface area is 110 Å². The maximum atomic E-state index is 11.8. The Morgan fingerprint density at radius 1 is 1.17 bits per heavy atom. The van der Waals surface area contributed by atoms with Gasteiger partial charge in [-0.1, -0.05) is 38.1 Å². The van der Waals surface area contributed by atoms with Gasteiger partial charge in [0.1, 0.15) is 5.60 Å². The summed E-state index contributed by atoms with van der Waals surface area (Å²) in [5.41, 5.74) is 1.92. The zero-order valence-corrected chi connectivity index (χ0v) is 12.1. The van der Waals surface area contributed by atoms with Crippen molar-refractivity contribution in [2.45, 2.75) is 53.1 Å². The normalized spacial score (nSPS) is 11.7. The van der Waals surface area contributed by atoms with Crippen molar-refractivity contribution < 1.29 is 9.53 Å². The Hall–Kier alpha value is -1.31. The second kappa shape index (κ2) is 6.03. The number of hydrogen-bond acceptors (Lipinski definition) is 2. The molecule has 18 heavy (non-hydrogen) atoms. The summed E-state index contributed by atoms with van der Waals surface area (Å²) in [4.78, 5) is 11.8. The third-order valence-corrected chi connectivity index (χ3v) is 2.50. The summed E-state index contributed by atoms with van der Waals surface area (Å²) in [6, 6.07) is 8.11. The lowest BCUT2D eigenvalue weighted by Crippen LogP contribution is -2.25. The maximum absolute atomic E-state index is 11.8. The van der Waals surface area contributed by atoms with E-state index in [2.05, 4.69) is 19.9 Å². The number of esters is 1. The van der Waals surface area contributed by atoms with E-state index in [1.54, 1.807) is 0 Å². The molecule has 0 aliphatic rings. The predicted octanol–water partition coefficient (Wildman–Crippen LogP) is 3.77. The molecule has 0 heterocycles. The number of ether oxygens (including phenoxy) is 1. The molecule has 100 valence electrons. The molecule has 0 amide bonds. The Morgan fingerprint density at radius 3 is 2.22 bits per heavy atom. The van der Waals surface area contributed by atoms with Crippen LogP contribution in [0, 0.1) is 5.92 Å². The van der Waals surface area contributed by atoms with E-state index in [0.717, 1.165) is 12.0 Å². The first kappa shape index (κ1) is 14.7. The standard InChI is InChI=1S/C16H24O2/c1-12(2)10-13-8-6-7-9-14(13)11-15(17)18-16(3,4)5/h6-9,12H,10-11H2,1-5H3. The molecule has 0 aromatic heterocycles. The van der Waals surface area contributed by atoms with Crippen molar-refractivity contribution >= 4 is 5.97 Å². The van der Waals surface area contributed by atoms with Gasteiger partial charge < -0.3 is 4.74 Å². The van der Waals surface area contributed by atoms with Crippen molar-refractivity contribution in [3.63, 3.8) is 0 Å². The molecular formula is C16H24O2. The summed E-state index contributed by atoms with van der Waals surface area (Å²) in [5, 5.41) is 0. The molecule has 0 saturated heterocycles. The quantitative estimate of drug-likeness (QED) is 0.758. The van der Waals surface area contributed by atoms with Crippen molar-refractivity contribution in [1.82, 2.24) is 0 Å². The van der Waals surface area contributed by atoms with Gasteiger partial charge in [-0.05, 0) is 44.2 Å². The molecule has 0 fully saturated rings. The minimum Gasteiger partial charge on any atom is -0.460 e. The first-order chi connectivity index (χ1) is 8.28. The van der Waals surface area contributed by atoms with Crippen molar-refractivity contribution in [2.24, 2.45) is 5.92 Å². The van der Waals surface area contributed by atoms with E-state index in [-0.39, 0.29) is 5.97 Å². The van der Waals surface area contributed by atoms with E-state index in [1.165, 1.54) is 5.56 Å². The minimum absolute atomic E-state index is 0.154. The minimum atomic E-state index is -0.413. The Kier molecular flexibility index (Phi) is 4.94. The van der Waals surface area contributed by atoms with Gasteiger partial charge >= 0.3 is 5.97 Å². The van der Waals surface area contributed by atoms with Crippen LogP contribution in [0.3, 0.4) is 0 Å². The molecule has 1 rings (SSSR count). The van der Waals surface area contributed by atoms with Crippen LogP contribution in [0.4, 0.5) is 0 Å². The molecule has 0 aliphatic heterocycles. The highest BCUT2D eigenvalue weighted by atomic mass is 16.6. The van der Waals surface area contributed by atoms with E-state index in [9.17, 15) is 4.79 Å². The lowest BCUT2D eigenvalue weighted by molar-refractivity contribution is -0.153. The summed E-state index contributed by atoms with van der Waals surface area (Å²) in [6.07, 6.45) is 1.36. The molecule has 0 saturated carbocycles. The van der Waals surface area contributed by atoms with Gasteiger partial charge in [0.25, 0.3) is 0 Å². The highest BCUT2D eigenvalue weighted by molar-refractivity contribution is 5.73. The lowest BCUT2D eigenvalue weighted by atomic mass is 9.96. The Balaban J connectivity index is 2.75. The molecule has 0 N–H and O–H groups in total. The average Bonchev–Trinajstić information content (AvgIpc) is 2.17. The second-order valence-electron chi connectivity index (χ2n) is 6.13. The van der Waals surface area contributed by atoms with E-state index < -0.39 is 5.60 Å². The number of carbonyl (C=O) groups excluding carboxylic acids is 1. The highest BCUT2D eigenvalue weighted by Gasteiger charge is 2.17. The Bertz CT molecular complexity index is 400. The van der Waals surface area contributed by atoms with Crippen LogP contribution in [-0.2, 0) is 22.4 Å². The van der Waals surface area contributed by atoms with Gasteiger partial charge in [-0.25, -0.2) is 0 Å². The summed E-state index contributed by atoms with van der Waals surface area (Å²) in [7, 11) is 0. The zero-order chi connectivity index (χ0) is 13.8. The van der Waals surface area contributed by atoms with Gasteiger partial charge in [-0.15, -0.1) is 0 Å². The van der Waals surface area contributed by atoms with Gasteiger partial charge in [0, 0.05) is 0 Å². The highest BCUT2D eigenvalue weighted by Crippen LogP contribution is 2.16. The third kappa shape index (κ3) is 5.35. The molecule has 0 radical (unpaired) electrons. The van der Waals surface area contributed by atoms with Crippen LogP contribution in [-0.4, -0.2) is 11.6 Å². The molecule has 0 aliphatic carbocycles. The summed E-state index contributed by atoms with van der Waals surface area (Å²) >= 11 is 0. The first-order valence-corrected chi connectivity index (χ1v) is 6.56. The van der Waals surface area contributed by atoms with E-state index in [1.807, 2.05) is 39.0 Å². The number of carbonyl (C=O) groups is 1. The van der Waals surface area contributed by atoms with Crippen molar-refractivity contribution in [3.8, 4) is 0 Å². The van der Waals surface area contributed by atoms with Crippen LogP contribution in [0.2, 0.25) is 0 Å². The fourth-order valence-electron chi connectivity index (χ4n) is 1.90. The summed E-state index contributed by atoms with van der Waals surface area (Å²) in [5.74, 6) is 0.434. The van der Waals surface area contributed by atoms with Crippen molar-refractivity contribution in [2.75, 3.05) is 0 Å². The second-order valence-corrected chi connectivity index (χ2v) is 6.13. The first-order valence-electron chi connectivity index (χ1n) is 6.56. The molecule has 1 aromatic rings. The SMILES string of the molecule is CC(C)Cc1ccccc1CC(=O)OC(C)(C)C. The van der Waals surface area contributed by atoms with Crippen LogP contribution in [0.25, 0.3) is 0 Å². The van der Waals surface area contributed by atoms with Gasteiger partial charge in [0.15, 0.2) is 0 Å². The zero-order valence-electron chi connectivity index (χ0n) is 12.1. The molecule has 2 heteroatoms. The van der Waals surface area contributed by atoms with Gasteiger partial charge in [-0.3, -0.25) is 4.79 Å². The number of rotatable bonds is 4. The van der Waals surface area contributed by atoms with Crippen LogP contribution < -0.4 is 0 Å². The largest absolute Gasteiger partial charge is 0.460 e. The van der Waals surface area contributed by atoms with Crippen LogP contribution in [0.1, 0.15) is 45.7 Å². The predicted molar refractivity (Wildman–Crippen MR) is 74.5 cm³/mol. The van der Waals surface area contributed by atoms with Crippen LogP contribution in [0.15, 0.2) is 24.3 Å².